The van der Waals surface area contributed by atoms with Crippen LogP contribution in [0.1, 0.15) is 5.56 Å². The summed E-state index contributed by atoms with van der Waals surface area (Å²) < 4.78 is 17.7. The van der Waals surface area contributed by atoms with Gasteiger partial charge in [-0.25, -0.2) is 0 Å². The van der Waals surface area contributed by atoms with Gasteiger partial charge in [-0.3, -0.25) is 0 Å². The Morgan fingerprint density at radius 3 is 2.12 bits per heavy atom. The molecule has 0 bridgehead atoms. The smallest absolute Gasteiger partial charge is 0.156 e. The largest absolute Gasteiger partial charge is 0.490 e. The number of oxime groups is 1. The van der Waals surface area contributed by atoms with Crippen LogP contribution in [-0.4, -0.2) is 32.6 Å². The molecule has 0 heterocycles. The fraction of sp³-hybridized carbons (Fsp3) is 0.190. The third kappa shape index (κ3) is 10.7. The fourth-order valence-electron chi connectivity index (χ4n) is 2.15. The summed E-state index contributed by atoms with van der Waals surface area (Å²) in [7, 11) is 0. The SMILES string of the molecule is ClC(Cl)=CCOc1cc(Cl)c(OCCOc2ccc(C=NOCC=C(Br)Br)cc2)c(Cl)c1. The zero-order valence-electron chi connectivity index (χ0n) is 16.4. The van der Waals surface area contributed by atoms with Crippen molar-refractivity contribution in [3.05, 3.63) is 72.0 Å². The van der Waals surface area contributed by atoms with Gasteiger partial charge in [0.25, 0.3) is 0 Å². The summed E-state index contributed by atoms with van der Waals surface area (Å²) in [5, 5.41) is 4.51. The Labute approximate surface area is 223 Å². The van der Waals surface area contributed by atoms with Crippen LogP contribution in [0.4, 0.5) is 0 Å². The highest BCUT2D eigenvalue weighted by atomic mass is 79.9. The minimum absolute atomic E-state index is 0.117. The van der Waals surface area contributed by atoms with Gasteiger partial charge in [-0.05, 0) is 73.8 Å². The fourth-order valence-corrected chi connectivity index (χ4v) is 3.12. The second kappa shape index (κ2) is 14.9. The third-order valence-corrected chi connectivity index (χ3v) is 5.04. The molecule has 0 spiro atoms. The third-order valence-electron chi connectivity index (χ3n) is 3.53. The molecule has 0 aromatic heterocycles. The second-order valence-corrected chi connectivity index (χ2v) is 10.4. The Balaban J connectivity index is 1.77. The van der Waals surface area contributed by atoms with E-state index in [1.54, 1.807) is 24.4 Å². The first kappa shape index (κ1) is 27.2. The van der Waals surface area contributed by atoms with Crippen molar-refractivity contribution >= 4 is 84.5 Å². The van der Waals surface area contributed by atoms with Gasteiger partial charge in [0.15, 0.2) is 5.75 Å². The van der Waals surface area contributed by atoms with Gasteiger partial charge in [0.1, 0.15) is 42.4 Å². The van der Waals surface area contributed by atoms with Crippen molar-refractivity contribution in [2.45, 2.75) is 0 Å². The molecule has 2 aromatic rings. The Hall–Kier alpha value is -1.09. The zero-order valence-corrected chi connectivity index (χ0v) is 22.6. The highest BCUT2D eigenvalue weighted by Crippen LogP contribution is 2.37. The van der Waals surface area contributed by atoms with Crippen molar-refractivity contribution in [1.82, 2.24) is 0 Å². The minimum Gasteiger partial charge on any atom is -0.490 e. The Morgan fingerprint density at radius 2 is 1.50 bits per heavy atom. The number of ether oxygens (including phenoxy) is 3. The van der Waals surface area contributed by atoms with Crippen LogP contribution in [0.3, 0.4) is 0 Å². The molecule has 11 heteroatoms. The van der Waals surface area contributed by atoms with Gasteiger partial charge >= 0.3 is 0 Å². The van der Waals surface area contributed by atoms with Crippen LogP contribution in [0.5, 0.6) is 17.2 Å². The molecule has 0 N–H and O–H groups in total. The van der Waals surface area contributed by atoms with E-state index in [0.717, 1.165) is 8.96 Å². The van der Waals surface area contributed by atoms with Crippen molar-refractivity contribution in [3.8, 4) is 17.2 Å². The minimum atomic E-state index is 0.117. The molecule has 0 fully saturated rings. The van der Waals surface area contributed by atoms with E-state index in [1.165, 1.54) is 6.08 Å². The van der Waals surface area contributed by atoms with Crippen LogP contribution < -0.4 is 14.2 Å². The van der Waals surface area contributed by atoms with Crippen LogP contribution in [-0.2, 0) is 4.84 Å². The summed E-state index contributed by atoms with van der Waals surface area (Å²) in [6.07, 6.45) is 4.90. The lowest BCUT2D eigenvalue weighted by atomic mass is 10.2. The molecule has 0 aliphatic carbocycles. The summed E-state index contributed by atoms with van der Waals surface area (Å²) in [5.74, 6) is 1.50. The van der Waals surface area contributed by atoms with E-state index in [-0.39, 0.29) is 17.7 Å². The highest BCUT2D eigenvalue weighted by Gasteiger charge is 2.11. The molecular formula is C21H17Br2Cl4NO4. The summed E-state index contributed by atoms with van der Waals surface area (Å²) >= 11 is 30.0. The van der Waals surface area contributed by atoms with Gasteiger partial charge in [-0.2, -0.15) is 0 Å². The molecule has 32 heavy (non-hydrogen) atoms. The Bertz CT molecular complexity index is 938. The average Bonchev–Trinajstić information content (AvgIpc) is 2.73. The zero-order chi connectivity index (χ0) is 23.3. The summed E-state index contributed by atoms with van der Waals surface area (Å²) in [6, 6.07) is 10.6. The first-order chi connectivity index (χ1) is 15.3. The summed E-state index contributed by atoms with van der Waals surface area (Å²) in [4.78, 5) is 5.10. The van der Waals surface area contributed by atoms with E-state index in [2.05, 4.69) is 37.0 Å². The van der Waals surface area contributed by atoms with Gasteiger partial charge < -0.3 is 19.0 Å². The molecule has 2 rings (SSSR count). The average molecular weight is 649 g/mol. The van der Waals surface area contributed by atoms with Crippen molar-refractivity contribution in [1.29, 1.82) is 0 Å². The maximum atomic E-state index is 6.24. The van der Waals surface area contributed by atoms with Crippen molar-refractivity contribution < 1.29 is 19.0 Å². The van der Waals surface area contributed by atoms with Gasteiger partial charge in [0.05, 0.1) is 19.7 Å². The van der Waals surface area contributed by atoms with E-state index in [9.17, 15) is 0 Å². The normalized spacial score (nSPS) is 10.6. The topological polar surface area (TPSA) is 49.3 Å². The van der Waals surface area contributed by atoms with Crippen molar-refractivity contribution in [2.24, 2.45) is 5.16 Å². The monoisotopic (exact) mass is 645 g/mol. The molecule has 0 saturated heterocycles. The number of hydrogen-bond acceptors (Lipinski definition) is 5. The molecule has 0 aliphatic heterocycles. The maximum Gasteiger partial charge on any atom is 0.156 e. The summed E-state index contributed by atoms with van der Waals surface area (Å²) in [6.45, 7) is 1.09. The van der Waals surface area contributed by atoms with Crippen LogP contribution in [0.15, 0.2) is 61.6 Å². The lowest BCUT2D eigenvalue weighted by molar-refractivity contribution is 0.176. The van der Waals surface area contributed by atoms with Gasteiger partial charge in [0, 0.05) is 12.1 Å². The van der Waals surface area contributed by atoms with E-state index >= 15 is 0 Å². The van der Waals surface area contributed by atoms with E-state index in [0.29, 0.717) is 40.5 Å². The van der Waals surface area contributed by atoms with Crippen molar-refractivity contribution in [2.75, 3.05) is 26.4 Å². The molecular weight excluding hydrogens is 632 g/mol. The van der Waals surface area contributed by atoms with Gasteiger partial charge in [-0.1, -0.05) is 51.6 Å². The first-order valence-electron chi connectivity index (χ1n) is 9.00. The molecule has 0 unspecified atom stereocenters. The maximum absolute atomic E-state index is 6.24. The van der Waals surface area contributed by atoms with E-state index in [4.69, 9.17) is 65.5 Å². The van der Waals surface area contributed by atoms with Crippen LogP contribution in [0.2, 0.25) is 10.0 Å². The van der Waals surface area contributed by atoms with Crippen molar-refractivity contribution in [3.63, 3.8) is 0 Å². The molecule has 5 nitrogen and oxygen atoms in total. The van der Waals surface area contributed by atoms with E-state index in [1.807, 2.05) is 24.3 Å². The molecule has 2 aromatic carbocycles. The number of hydrogen-bond donors (Lipinski definition) is 0. The van der Waals surface area contributed by atoms with E-state index < -0.39 is 0 Å². The number of nitrogens with zero attached hydrogens (tertiary/aromatic N) is 1. The number of rotatable bonds is 12. The molecule has 0 atom stereocenters. The number of halogens is 6. The predicted octanol–water partition coefficient (Wildman–Crippen LogP) is 8.13. The molecule has 0 saturated carbocycles. The second-order valence-electron chi connectivity index (χ2n) is 5.81. The lowest BCUT2D eigenvalue weighted by Crippen LogP contribution is -2.09. The molecule has 0 radical (unpaired) electrons. The standard InChI is InChI=1S/C21H17Br2Cl4NO4/c22-19(23)5-8-32-28-13-14-1-3-15(4-2-14)30-9-10-31-21-17(24)11-16(12-18(21)25)29-7-6-20(26)27/h1-6,11-13H,7-10H2. The molecule has 0 amide bonds. The van der Waals surface area contributed by atoms with Crippen LogP contribution in [0, 0.1) is 0 Å². The van der Waals surface area contributed by atoms with Gasteiger partial charge in [-0.15, -0.1) is 0 Å². The lowest BCUT2D eigenvalue weighted by Gasteiger charge is -2.13. The highest BCUT2D eigenvalue weighted by molar-refractivity contribution is 9.28. The predicted molar refractivity (Wildman–Crippen MR) is 139 cm³/mol. The molecule has 0 aliphatic rings. The van der Waals surface area contributed by atoms with Crippen LogP contribution >= 0.6 is 78.3 Å². The quantitative estimate of drug-likeness (QED) is 0.133. The molecule has 172 valence electrons. The van der Waals surface area contributed by atoms with Gasteiger partial charge in [0.2, 0.25) is 0 Å². The summed E-state index contributed by atoms with van der Waals surface area (Å²) in [5.41, 5.74) is 0.875. The Morgan fingerprint density at radius 1 is 0.844 bits per heavy atom. The van der Waals surface area contributed by atoms with Crippen LogP contribution in [0.25, 0.3) is 0 Å². The Kier molecular flexibility index (Phi) is 12.7. The number of benzene rings is 2. The first-order valence-corrected chi connectivity index (χ1v) is 12.1.